The molecule has 1 aromatic carbocycles. The van der Waals surface area contributed by atoms with Gasteiger partial charge in [0.25, 0.3) is 0 Å². The Morgan fingerprint density at radius 2 is 1.77 bits per heavy atom. The number of hydrogen-bond acceptors (Lipinski definition) is 11. The van der Waals surface area contributed by atoms with Gasteiger partial charge in [0.15, 0.2) is 0 Å². The highest BCUT2D eigenvalue weighted by atomic mass is 32.3. The number of benzene rings is 1. The summed E-state index contributed by atoms with van der Waals surface area (Å²) in [6, 6.07) is 7.15. The van der Waals surface area contributed by atoms with Crippen LogP contribution >= 0.6 is 11.8 Å². The molecule has 0 amide bonds. The molecule has 176 valence electrons. The molecule has 0 aromatic heterocycles. The van der Waals surface area contributed by atoms with E-state index in [0.717, 1.165) is 17.3 Å². The molecule has 0 aliphatic carbocycles. The molecule has 1 fully saturated rings. The van der Waals surface area contributed by atoms with Gasteiger partial charge in [-0.05, 0) is 23.1 Å². The van der Waals surface area contributed by atoms with Gasteiger partial charge in [0.1, 0.15) is 40.6 Å². The molecule has 0 spiro atoms. The van der Waals surface area contributed by atoms with Gasteiger partial charge in [-0.1, -0.05) is 42.9 Å². The Morgan fingerprint density at radius 3 is 2.29 bits per heavy atom. The first-order valence-electron chi connectivity index (χ1n) is 9.22. The molecule has 2 rings (SSSR count). The number of ether oxygens (including phenoxy) is 2. The van der Waals surface area contributed by atoms with Gasteiger partial charge in [-0.15, -0.1) is 0 Å². The third kappa shape index (κ3) is 7.02. The van der Waals surface area contributed by atoms with Crippen molar-refractivity contribution in [2.45, 2.75) is 55.5 Å². The molecule has 31 heavy (non-hydrogen) atoms. The Morgan fingerprint density at radius 1 is 1.16 bits per heavy atom. The number of rotatable bonds is 8. The maximum absolute atomic E-state index is 11.0. The number of hydrogen-bond donors (Lipinski definition) is 5. The summed E-state index contributed by atoms with van der Waals surface area (Å²) in [6.07, 6.45) is -5.77. The highest BCUT2D eigenvalue weighted by Gasteiger charge is 2.44. The lowest BCUT2D eigenvalue weighted by molar-refractivity contribution is -0.205. The topological polar surface area (TPSA) is 175 Å². The summed E-state index contributed by atoms with van der Waals surface area (Å²) in [5.41, 5.74) is -0.970. The summed E-state index contributed by atoms with van der Waals surface area (Å²) >= 11 is 0.739. The molecular formula is C18H27NO10S2. The van der Waals surface area contributed by atoms with Gasteiger partial charge in [-0.2, -0.15) is 8.42 Å². The smallest absolute Gasteiger partial charge is 0.466 e. The molecule has 5 N–H and O–H groups in total. The number of methoxy groups -OCH3 is 1. The summed E-state index contributed by atoms with van der Waals surface area (Å²) in [5, 5.41) is 43.0. The van der Waals surface area contributed by atoms with Gasteiger partial charge < -0.3 is 29.9 Å². The van der Waals surface area contributed by atoms with Crippen LogP contribution < -0.4 is 4.74 Å². The fraction of sp³-hybridized carbons (Fsp3) is 0.611. The minimum absolute atomic E-state index is 0.0165. The summed E-state index contributed by atoms with van der Waals surface area (Å²) in [5.74, 6) is 0.652. The van der Waals surface area contributed by atoms with Crippen LogP contribution in [0.15, 0.2) is 29.4 Å². The minimum Gasteiger partial charge on any atom is -0.497 e. The van der Waals surface area contributed by atoms with Crippen LogP contribution in [0.5, 0.6) is 5.75 Å². The number of aliphatic hydroxyl groups excluding tert-OH is 4. The van der Waals surface area contributed by atoms with E-state index in [1.165, 1.54) is 7.11 Å². The number of thioether (sulfide) groups is 1. The van der Waals surface area contributed by atoms with E-state index in [2.05, 4.69) is 9.44 Å². The van der Waals surface area contributed by atoms with Crippen LogP contribution in [0, 0.1) is 0 Å². The fourth-order valence-electron chi connectivity index (χ4n) is 3.01. The van der Waals surface area contributed by atoms with Crippen molar-refractivity contribution >= 4 is 27.2 Å². The zero-order valence-corrected chi connectivity index (χ0v) is 18.8. The zero-order valence-electron chi connectivity index (χ0n) is 17.2. The monoisotopic (exact) mass is 481 g/mol. The summed E-state index contributed by atoms with van der Waals surface area (Å²) in [7, 11) is -3.35. The summed E-state index contributed by atoms with van der Waals surface area (Å²) in [4.78, 5) is 0. The van der Waals surface area contributed by atoms with Crippen molar-refractivity contribution in [3.05, 3.63) is 29.8 Å². The van der Waals surface area contributed by atoms with E-state index in [9.17, 15) is 28.8 Å². The van der Waals surface area contributed by atoms with E-state index in [-0.39, 0.29) is 11.5 Å². The van der Waals surface area contributed by atoms with Crippen molar-refractivity contribution in [3.8, 4) is 5.75 Å². The van der Waals surface area contributed by atoms with Crippen LogP contribution in [0.2, 0.25) is 0 Å². The molecule has 1 aliphatic heterocycles. The Balaban J connectivity index is 2.28. The number of oxime groups is 1. The van der Waals surface area contributed by atoms with Gasteiger partial charge in [0, 0.05) is 6.42 Å². The van der Waals surface area contributed by atoms with E-state index in [1.807, 2.05) is 26.0 Å². The van der Waals surface area contributed by atoms with Gasteiger partial charge in [-0.3, -0.25) is 4.55 Å². The van der Waals surface area contributed by atoms with Crippen LogP contribution in [-0.4, -0.2) is 82.0 Å². The average molecular weight is 482 g/mol. The maximum atomic E-state index is 11.0. The Labute approximate surface area is 184 Å². The first kappa shape index (κ1) is 25.8. The molecular weight excluding hydrogens is 454 g/mol. The first-order valence-corrected chi connectivity index (χ1v) is 11.5. The van der Waals surface area contributed by atoms with E-state index in [1.54, 1.807) is 12.1 Å². The van der Waals surface area contributed by atoms with E-state index in [4.69, 9.17) is 14.0 Å². The molecule has 0 radical (unpaired) electrons. The second-order valence-corrected chi connectivity index (χ2v) is 9.77. The minimum atomic E-state index is -4.89. The molecule has 11 nitrogen and oxygen atoms in total. The fourth-order valence-corrected chi connectivity index (χ4v) is 4.53. The third-order valence-corrected chi connectivity index (χ3v) is 6.17. The second-order valence-electron chi connectivity index (χ2n) is 7.59. The quantitative estimate of drug-likeness (QED) is 0.147. The lowest BCUT2D eigenvalue weighted by Gasteiger charge is -2.39. The van der Waals surface area contributed by atoms with Crippen LogP contribution in [0.4, 0.5) is 0 Å². The molecule has 1 heterocycles. The van der Waals surface area contributed by atoms with Crippen LogP contribution in [0.1, 0.15) is 25.8 Å². The predicted octanol–water partition coefficient (Wildman–Crippen LogP) is 0.0289. The standard InChI is InChI=1S/C18H27NO10S2/c1-18(2,10-4-6-11(27-3)7-5-10)8-13(19-29-31(24,25)26)30-17-16(23)15(22)14(21)12(9-20)28-17/h4-7,12,14-17,20-23H,8-9H2,1-3H3,(H,24,25,26)/b19-13+/t12-,14-,15+,16+,17+/m0/s1. The van der Waals surface area contributed by atoms with Gasteiger partial charge in [0.2, 0.25) is 0 Å². The van der Waals surface area contributed by atoms with Crippen molar-refractivity contribution in [2.24, 2.45) is 5.16 Å². The largest absolute Gasteiger partial charge is 0.497 e. The molecule has 0 saturated carbocycles. The number of nitrogens with zero attached hydrogens (tertiary/aromatic N) is 1. The molecule has 5 atom stereocenters. The highest BCUT2D eigenvalue weighted by molar-refractivity contribution is 8.14. The normalized spacial score (nSPS) is 27.7. The highest BCUT2D eigenvalue weighted by Crippen LogP contribution is 2.35. The van der Waals surface area contributed by atoms with Crippen molar-refractivity contribution in [2.75, 3.05) is 13.7 Å². The Kier molecular flexibility index (Phi) is 8.69. The van der Waals surface area contributed by atoms with Gasteiger partial charge >= 0.3 is 10.4 Å². The van der Waals surface area contributed by atoms with Crippen molar-refractivity contribution in [1.82, 2.24) is 0 Å². The molecule has 0 unspecified atom stereocenters. The zero-order chi connectivity index (χ0) is 23.4. The second kappa shape index (κ2) is 10.4. The summed E-state index contributed by atoms with van der Waals surface area (Å²) < 4.78 is 45.6. The van der Waals surface area contributed by atoms with Crippen LogP contribution in [-0.2, 0) is 24.8 Å². The van der Waals surface area contributed by atoms with E-state index < -0.39 is 52.3 Å². The molecule has 1 aliphatic rings. The van der Waals surface area contributed by atoms with Gasteiger partial charge in [-0.25, -0.2) is 4.28 Å². The third-order valence-electron chi connectivity index (χ3n) is 4.80. The first-order chi connectivity index (χ1) is 14.4. The lowest BCUT2D eigenvalue weighted by atomic mass is 9.82. The van der Waals surface area contributed by atoms with Crippen molar-refractivity contribution in [1.29, 1.82) is 0 Å². The van der Waals surface area contributed by atoms with E-state index in [0.29, 0.717) is 5.75 Å². The van der Waals surface area contributed by atoms with Crippen molar-refractivity contribution < 1.29 is 47.2 Å². The molecule has 13 heteroatoms. The van der Waals surface area contributed by atoms with Gasteiger partial charge in [0.05, 0.1) is 13.7 Å². The SMILES string of the molecule is COc1ccc(C(C)(C)C/C(=N\OS(=O)(=O)O)S[C@H]2O[C@@H](CO)[C@H](O)[C@@H](O)[C@H]2O)cc1. The Bertz CT molecular complexity index is 857. The summed E-state index contributed by atoms with van der Waals surface area (Å²) in [6.45, 7) is 3.09. The van der Waals surface area contributed by atoms with Crippen molar-refractivity contribution in [3.63, 3.8) is 0 Å². The molecule has 0 bridgehead atoms. The number of aliphatic hydroxyl groups is 4. The molecule has 1 aromatic rings. The lowest BCUT2D eigenvalue weighted by Crippen LogP contribution is -2.57. The van der Waals surface area contributed by atoms with Crippen LogP contribution in [0.25, 0.3) is 0 Å². The van der Waals surface area contributed by atoms with E-state index >= 15 is 0 Å². The predicted molar refractivity (Wildman–Crippen MR) is 112 cm³/mol. The molecule has 1 saturated heterocycles. The average Bonchev–Trinajstić information content (AvgIpc) is 2.71. The maximum Gasteiger partial charge on any atom is 0.466 e. The van der Waals surface area contributed by atoms with Crippen LogP contribution in [0.3, 0.4) is 0 Å². The Hall–Kier alpha value is -1.45.